The van der Waals surface area contributed by atoms with Crippen molar-refractivity contribution in [2.75, 3.05) is 13.7 Å². The van der Waals surface area contributed by atoms with E-state index in [1.165, 1.54) is 4.57 Å². The van der Waals surface area contributed by atoms with Gasteiger partial charge in [-0.25, -0.2) is 0 Å². The molecule has 0 aliphatic rings. The van der Waals surface area contributed by atoms with Crippen molar-refractivity contribution in [3.63, 3.8) is 0 Å². The lowest BCUT2D eigenvalue weighted by Crippen LogP contribution is -2.46. The molecule has 0 aliphatic carbocycles. The van der Waals surface area contributed by atoms with E-state index in [0.717, 1.165) is 0 Å². The molecule has 0 amide bonds. The van der Waals surface area contributed by atoms with Gasteiger partial charge in [0.25, 0.3) is 5.91 Å². The fourth-order valence-corrected chi connectivity index (χ4v) is 3.69. The van der Waals surface area contributed by atoms with Crippen molar-refractivity contribution < 1.29 is 49.8 Å². The molecule has 6 N–H and O–H groups in total. The number of aliphatic carboxylic acids is 1. The van der Waals surface area contributed by atoms with E-state index in [2.05, 4.69) is 0 Å². The lowest BCUT2D eigenvalue weighted by molar-refractivity contribution is -0.136. The van der Waals surface area contributed by atoms with Gasteiger partial charge in [-0.05, 0) is 55.0 Å². The molecule has 0 unspecified atom stereocenters. The Morgan fingerprint density at radius 1 is 1.05 bits per heavy atom. The lowest BCUT2D eigenvalue weighted by Gasteiger charge is -2.22. The topological polar surface area (TPSA) is 187 Å². The number of halogens is 1. The first-order valence-corrected chi connectivity index (χ1v) is 11.3. The number of carboxylic acid groups (broad SMARTS) is 1. The fourth-order valence-electron chi connectivity index (χ4n) is 3.57. The van der Waals surface area contributed by atoms with Crippen LogP contribution in [-0.2, 0) is 16.0 Å². The van der Waals surface area contributed by atoms with Crippen molar-refractivity contribution in [1.82, 2.24) is 4.57 Å². The van der Waals surface area contributed by atoms with Crippen LogP contribution in [0.25, 0.3) is 10.9 Å². The summed E-state index contributed by atoms with van der Waals surface area (Å²) in [5.41, 5.74) is 2.32. The Bertz CT molecular complexity index is 1240. The summed E-state index contributed by atoms with van der Waals surface area (Å²) in [4.78, 5) is 34.1. The highest BCUT2D eigenvalue weighted by molar-refractivity contribution is 6.30. The monoisotopic (exact) mass is 537 g/mol. The van der Waals surface area contributed by atoms with Crippen LogP contribution in [0.1, 0.15) is 21.6 Å². The average molecular weight is 538 g/mol. The van der Waals surface area contributed by atoms with Gasteiger partial charge < -0.3 is 40.2 Å². The molecule has 0 radical (unpaired) electrons. The third-order valence-electron chi connectivity index (χ3n) is 5.58. The first-order chi connectivity index (χ1) is 17.5. The number of ether oxygens (including phenoxy) is 1. The molecule has 0 saturated heterocycles. The summed E-state index contributed by atoms with van der Waals surface area (Å²) in [6.07, 6.45) is -7.01. The van der Waals surface area contributed by atoms with Crippen LogP contribution in [0.15, 0.2) is 42.5 Å². The van der Waals surface area contributed by atoms with Gasteiger partial charge in [-0.1, -0.05) is 11.6 Å². The Morgan fingerprint density at radius 3 is 2.19 bits per heavy atom. The normalized spacial score (nSPS) is 14.2. The van der Waals surface area contributed by atoms with Crippen molar-refractivity contribution in [3.8, 4) is 5.75 Å². The first-order valence-electron chi connectivity index (χ1n) is 10.9. The average Bonchev–Trinajstić information content (AvgIpc) is 3.16. The Balaban J connectivity index is 0.000000341. The Morgan fingerprint density at radius 2 is 1.68 bits per heavy atom. The van der Waals surface area contributed by atoms with E-state index >= 15 is 0 Å². The molecule has 0 spiro atoms. The van der Waals surface area contributed by atoms with Gasteiger partial charge in [-0.3, -0.25) is 14.2 Å². The molecule has 12 heteroatoms. The van der Waals surface area contributed by atoms with Crippen LogP contribution in [0.2, 0.25) is 5.02 Å². The second-order valence-electron chi connectivity index (χ2n) is 8.02. The standard InChI is InChI=1S/C19H16ClNO4.C6H12O6/c1-11-15(10-18(22)23)16-9-14(25-2)7-8-17(16)21(11)19(24)12-3-5-13(20)6-4-12;7-1-3(9)5(11)6(12)4(10)2-8/h3-9H,10H2,1-2H3,(H,22,23);1,3-6,8-12H,2H2/t;3-,4+,5+,6+/m.0/s1. The number of hydrogen-bond donors (Lipinski definition) is 6. The number of fused-ring (bicyclic) bond motifs is 1. The van der Waals surface area contributed by atoms with E-state index in [-0.39, 0.29) is 18.6 Å². The number of aliphatic hydroxyl groups excluding tert-OH is 5. The zero-order valence-electron chi connectivity index (χ0n) is 20.0. The number of aromatic nitrogens is 1. The number of methoxy groups -OCH3 is 1. The van der Waals surface area contributed by atoms with E-state index in [0.29, 0.717) is 38.5 Å². The molecule has 1 aromatic heterocycles. The molecule has 2 aromatic carbocycles. The van der Waals surface area contributed by atoms with Gasteiger partial charge in [0.2, 0.25) is 0 Å². The Kier molecular flexibility index (Phi) is 10.7. The number of carbonyl (C=O) groups excluding carboxylic acids is 2. The molecule has 1 heterocycles. The summed E-state index contributed by atoms with van der Waals surface area (Å²) in [5.74, 6) is -0.583. The molecule has 200 valence electrons. The molecule has 4 atom stereocenters. The third kappa shape index (κ3) is 7.13. The Labute approximate surface area is 216 Å². The number of aliphatic hydroxyl groups is 5. The van der Waals surface area contributed by atoms with Gasteiger partial charge in [0, 0.05) is 21.7 Å². The largest absolute Gasteiger partial charge is 0.497 e. The summed E-state index contributed by atoms with van der Waals surface area (Å²) in [7, 11) is 1.54. The molecule has 0 saturated carbocycles. The molecular weight excluding hydrogens is 510 g/mol. The molecule has 3 aromatic rings. The quantitative estimate of drug-likeness (QED) is 0.210. The summed E-state index contributed by atoms with van der Waals surface area (Å²) >= 11 is 5.89. The molecule has 37 heavy (non-hydrogen) atoms. The molecule has 0 aliphatic heterocycles. The highest BCUT2D eigenvalue weighted by Gasteiger charge is 2.29. The summed E-state index contributed by atoms with van der Waals surface area (Å²) in [5, 5.41) is 54.0. The van der Waals surface area contributed by atoms with E-state index in [4.69, 9.17) is 41.9 Å². The van der Waals surface area contributed by atoms with Gasteiger partial charge in [0.1, 0.15) is 30.2 Å². The number of hydrogen-bond acceptors (Lipinski definition) is 9. The van der Waals surface area contributed by atoms with Crippen molar-refractivity contribution in [3.05, 3.63) is 64.3 Å². The van der Waals surface area contributed by atoms with Crippen LogP contribution in [0.3, 0.4) is 0 Å². The van der Waals surface area contributed by atoms with Crippen LogP contribution in [0.5, 0.6) is 5.75 Å². The second-order valence-corrected chi connectivity index (χ2v) is 8.46. The Hall–Kier alpha value is -3.32. The maximum atomic E-state index is 13.0. The second kappa shape index (κ2) is 13.3. The molecule has 0 fully saturated rings. The summed E-state index contributed by atoms with van der Waals surface area (Å²) in [6.45, 7) is 0.988. The number of carboxylic acids is 1. The third-order valence-corrected chi connectivity index (χ3v) is 5.84. The smallest absolute Gasteiger partial charge is 0.307 e. The fraction of sp³-hybridized carbons (Fsp3) is 0.320. The first kappa shape index (κ1) is 29.9. The van der Waals surface area contributed by atoms with Gasteiger partial charge in [0.15, 0.2) is 6.29 Å². The predicted octanol–water partition coefficient (Wildman–Crippen LogP) is 0.549. The number of carbonyl (C=O) groups is 3. The van der Waals surface area contributed by atoms with E-state index < -0.39 is 37.0 Å². The maximum Gasteiger partial charge on any atom is 0.307 e. The van der Waals surface area contributed by atoms with Gasteiger partial charge >= 0.3 is 5.97 Å². The van der Waals surface area contributed by atoms with Crippen LogP contribution < -0.4 is 4.74 Å². The summed E-state index contributed by atoms with van der Waals surface area (Å²) in [6, 6.07) is 11.9. The van der Waals surface area contributed by atoms with Crippen molar-refractivity contribution in [1.29, 1.82) is 0 Å². The number of nitrogens with zero attached hydrogens (tertiary/aromatic N) is 1. The molecule has 3 rings (SSSR count). The van der Waals surface area contributed by atoms with E-state index in [9.17, 15) is 19.5 Å². The maximum absolute atomic E-state index is 13.0. The predicted molar refractivity (Wildman–Crippen MR) is 133 cm³/mol. The minimum absolute atomic E-state index is 0.0258. The molecule has 11 nitrogen and oxygen atoms in total. The van der Waals surface area contributed by atoms with Crippen molar-refractivity contribution >= 4 is 40.7 Å². The lowest BCUT2D eigenvalue weighted by atomic mass is 10.0. The van der Waals surface area contributed by atoms with Crippen LogP contribution >= 0.6 is 11.6 Å². The van der Waals surface area contributed by atoms with Gasteiger partial charge in [-0.15, -0.1) is 0 Å². The SMILES string of the molecule is COc1ccc2c(c1)c(CC(=O)O)c(C)n2C(=O)c1ccc(Cl)cc1.O=C[C@H](O)[C@@H](O)[C@H](O)[C@H](O)CO. The van der Waals surface area contributed by atoms with Crippen molar-refractivity contribution in [2.24, 2.45) is 0 Å². The minimum Gasteiger partial charge on any atom is -0.497 e. The number of rotatable bonds is 9. The highest BCUT2D eigenvalue weighted by atomic mass is 35.5. The molecular formula is C25H28ClNO10. The minimum atomic E-state index is -1.79. The zero-order valence-corrected chi connectivity index (χ0v) is 20.7. The van der Waals surface area contributed by atoms with Crippen LogP contribution in [0.4, 0.5) is 0 Å². The van der Waals surface area contributed by atoms with E-state index in [1.54, 1.807) is 56.5 Å². The van der Waals surface area contributed by atoms with Gasteiger partial charge in [-0.2, -0.15) is 0 Å². The van der Waals surface area contributed by atoms with E-state index in [1.807, 2.05) is 0 Å². The number of aldehydes is 1. The van der Waals surface area contributed by atoms with Crippen LogP contribution in [-0.4, -0.2) is 91.5 Å². The van der Waals surface area contributed by atoms with Gasteiger partial charge in [0.05, 0.1) is 25.7 Å². The zero-order chi connectivity index (χ0) is 27.9. The highest BCUT2D eigenvalue weighted by Crippen LogP contribution is 2.30. The molecule has 0 bridgehead atoms. The number of benzene rings is 2. The van der Waals surface area contributed by atoms with Crippen LogP contribution in [0, 0.1) is 6.92 Å². The van der Waals surface area contributed by atoms with Crippen molar-refractivity contribution in [2.45, 2.75) is 37.8 Å². The summed E-state index contributed by atoms with van der Waals surface area (Å²) < 4.78 is 6.77.